The molecule has 0 aromatic heterocycles. The molecular weight excluding hydrogens is 512 g/mol. The van der Waals surface area contributed by atoms with E-state index < -0.39 is 41.7 Å². The summed E-state index contributed by atoms with van der Waals surface area (Å²) in [6, 6.07) is 6.36. The van der Waals surface area contributed by atoms with E-state index in [1.807, 2.05) is 24.3 Å². The second-order valence-corrected chi connectivity index (χ2v) is 11.4. The quantitative estimate of drug-likeness (QED) is 0.435. The molecule has 1 aromatic rings. The van der Waals surface area contributed by atoms with Crippen LogP contribution in [0.25, 0.3) is 0 Å². The molecule has 2 fully saturated rings. The molecular formula is C30H40N4O6. The monoisotopic (exact) mass is 552 g/mol. The predicted octanol–water partition coefficient (Wildman–Crippen LogP) is 2.44. The maximum absolute atomic E-state index is 13.7. The number of nitrogens with one attached hydrogen (secondary N) is 1. The van der Waals surface area contributed by atoms with Crippen molar-refractivity contribution in [2.24, 2.45) is 11.7 Å². The van der Waals surface area contributed by atoms with Crippen LogP contribution in [0.15, 0.2) is 36.4 Å². The van der Waals surface area contributed by atoms with Gasteiger partial charge in [0.25, 0.3) is 0 Å². The van der Waals surface area contributed by atoms with E-state index in [0.29, 0.717) is 25.9 Å². The summed E-state index contributed by atoms with van der Waals surface area (Å²) >= 11 is 0. The average molecular weight is 553 g/mol. The Morgan fingerprint density at radius 3 is 2.75 bits per heavy atom. The number of carbonyl (C=O) groups excluding carboxylic acids is 4. The fourth-order valence-electron chi connectivity index (χ4n) is 6.16. The molecule has 3 N–H and O–H groups in total. The summed E-state index contributed by atoms with van der Waals surface area (Å²) < 4.78 is 11.2. The molecule has 3 heterocycles. The van der Waals surface area contributed by atoms with Gasteiger partial charge in [-0.1, -0.05) is 49.3 Å². The minimum atomic E-state index is -1.14. The van der Waals surface area contributed by atoms with E-state index >= 15 is 0 Å². The van der Waals surface area contributed by atoms with Crippen LogP contribution in [-0.4, -0.2) is 77.1 Å². The number of fused-ring (bicyclic) bond motifs is 3. The number of allylic oxidation sites excluding steroid dienone is 1. The first kappa shape index (κ1) is 28.1. The third-order valence-corrected chi connectivity index (χ3v) is 8.58. The zero-order valence-corrected chi connectivity index (χ0v) is 23.2. The number of rotatable bonds is 3. The number of nitrogens with zero attached hydrogens (tertiary/aromatic N) is 2. The van der Waals surface area contributed by atoms with E-state index in [9.17, 15) is 19.2 Å². The Morgan fingerprint density at radius 1 is 1.15 bits per heavy atom. The molecule has 1 aromatic carbocycles. The summed E-state index contributed by atoms with van der Waals surface area (Å²) in [5.41, 5.74) is 7.46. The van der Waals surface area contributed by atoms with Gasteiger partial charge in [0.05, 0.1) is 19.2 Å². The zero-order valence-electron chi connectivity index (χ0n) is 23.2. The van der Waals surface area contributed by atoms with Crippen LogP contribution in [0.5, 0.6) is 0 Å². The summed E-state index contributed by atoms with van der Waals surface area (Å²) in [4.78, 5) is 56.3. The van der Waals surface area contributed by atoms with E-state index in [2.05, 4.69) is 17.5 Å². The van der Waals surface area contributed by atoms with Gasteiger partial charge in [-0.15, -0.1) is 0 Å². The van der Waals surface area contributed by atoms with Crippen molar-refractivity contribution >= 4 is 23.9 Å². The fraction of sp³-hybridized carbons (Fsp3) is 0.600. The molecule has 5 unspecified atom stereocenters. The standard InChI is InChI=1S/C30H40N4O6/c1-2-39-28(37)30-17-22(30)12-6-4-3-5-7-13-24(31)27(36)34-19-23(16-25(34)26(35)32-30)40-29(38)33-15-14-20-10-8-9-11-21(20)18-33/h6,8-12,22-25H,2-5,7,13-19,31H2,1H3,(H,32,35)/b12-6+. The lowest BCUT2D eigenvalue weighted by atomic mass is 10.0. The summed E-state index contributed by atoms with van der Waals surface area (Å²) in [6.07, 6.45) is 8.30. The molecule has 5 atom stereocenters. The Kier molecular flexibility index (Phi) is 8.44. The van der Waals surface area contributed by atoms with Gasteiger partial charge < -0.3 is 30.3 Å². The van der Waals surface area contributed by atoms with Gasteiger partial charge >= 0.3 is 12.1 Å². The predicted molar refractivity (Wildman–Crippen MR) is 147 cm³/mol. The van der Waals surface area contributed by atoms with E-state index in [1.54, 1.807) is 11.8 Å². The molecule has 1 saturated carbocycles. The number of ether oxygens (including phenoxy) is 2. The first-order valence-electron chi connectivity index (χ1n) is 14.6. The van der Waals surface area contributed by atoms with Crippen LogP contribution in [0.1, 0.15) is 63.0 Å². The van der Waals surface area contributed by atoms with Crippen LogP contribution in [0.2, 0.25) is 0 Å². The van der Waals surface area contributed by atoms with Gasteiger partial charge in [-0.25, -0.2) is 9.59 Å². The Bertz CT molecular complexity index is 1170. The largest absolute Gasteiger partial charge is 0.464 e. The summed E-state index contributed by atoms with van der Waals surface area (Å²) in [7, 11) is 0. The second kappa shape index (κ2) is 12.0. The van der Waals surface area contributed by atoms with Crippen LogP contribution in [-0.2, 0) is 36.8 Å². The van der Waals surface area contributed by atoms with Gasteiger partial charge in [-0.05, 0) is 50.2 Å². The molecule has 40 heavy (non-hydrogen) atoms. The lowest BCUT2D eigenvalue weighted by Crippen LogP contribution is -2.55. The van der Waals surface area contributed by atoms with Gasteiger partial charge in [0.15, 0.2) is 0 Å². The third-order valence-electron chi connectivity index (χ3n) is 8.58. The van der Waals surface area contributed by atoms with Crippen LogP contribution >= 0.6 is 0 Å². The lowest BCUT2D eigenvalue weighted by molar-refractivity contribution is -0.150. The Labute approximate surface area is 235 Å². The van der Waals surface area contributed by atoms with Crippen molar-refractivity contribution < 1.29 is 28.7 Å². The van der Waals surface area contributed by atoms with E-state index in [0.717, 1.165) is 37.7 Å². The van der Waals surface area contributed by atoms with E-state index in [1.165, 1.54) is 10.5 Å². The maximum Gasteiger partial charge on any atom is 0.410 e. The molecule has 10 nitrogen and oxygen atoms in total. The molecule has 0 radical (unpaired) electrons. The first-order valence-corrected chi connectivity index (χ1v) is 14.6. The van der Waals surface area contributed by atoms with Gasteiger partial charge in [-0.3, -0.25) is 9.59 Å². The van der Waals surface area contributed by atoms with Crippen molar-refractivity contribution in [3.63, 3.8) is 0 Å². The summed E-state index contributed by atoms with van der Waals surface area (Å²) in [5, 5.41) is 2.93. The highest BCUT2D eigenvalue weighted by Gasteiger charge is 2.62. The molecule has 3 aliphatic heterocycles. The van der Waals surface area contributed by atoms with E-state index in [4.69, 9.17) is 15.2 Å². The number of benzene rings is 1. The average Bonchev–Trinajstić information content (AvgIpc) is 3.48. The summed E-state index contributed by atoms with van der Waals surface area (Å²) in [6.45, 7) is 3.01. The van der Waals surface area contributed by atoms with Crippen LogP contribution in [0.3, 0.4) is 0 Å². The number of esters is 1. The molecule has 1 saturated heterocycles. The van der Waals surface area contributed by atoms with Crippen molar-refractivity contribution in [3.05, 3.63) is 47.5 Å². The topological polar surface area (TPSA) is 131 Å². The third kappa shape index (κ3) is 5.87. The van der Waals surface area contributed by atoms with Gasteiger partial charge in [0.2, 0.25) is 11.8 Å². The number of carbonyl (C=O) groups is 4. The number of hydrogen-bond donors (Lipinski definition) is 2. The molecule has 3 amide bonds. The maximum atomic E-state index is 13.7. The van der Waals surface area contributed by atoms with Crippen molar-refractivity contribution in [3.8, 4) is 0 Å². The summed E-state index contributed by atoms with van der Waals surface area (Å²) in [5.74, 6) is -1.42. The Balaban J connectivity index is 1.32. The normalized spacial score (nSPS) is 31.4. The van der Waals surface area contributed by atoms with E-state index in [-0.39, 0.29) is 31.4 Å². The van der Waals surface area contributed by atoms with Crippen molar-refractivity contribution in [1.29, 1.82) is 0 Å². The van der Waals surface area contributed by atoms with Crippen molar-refractivity contribution in [2.75, 3.05) is 19.7 Å². The van der Waals surface area contributed by atoms with Crippen LogP contribution < -0.4 is 11.1 Å². The SMILES string of the molecule is CCOC(=O)C12CC1/C=C/CCCCCC(N)C(=O)N1CC(OC(=O)N3CCc4ccccc4C3)CC1C(=O)N2. The lowest BCUT2D eigenvalue weighted by Gasteiger charge is -2.29. The smallest absolute Gasteiger partial charge is 0.410 e. The molecule has 0 spiro atoms. The Hall–Kier alpha value is -3.40. The minimum Gasteiger partial charge on any atom is -0.464 e. The van der Waals surface area contributed by atoms with Gasteiger partial charge in [-0.2, -0.15) is 0 Å². The number of nitrogens with two attached hydrogens (primary N) is 1. The van der Waals surface area contributed by atoms with Crippen LogP contribution in [0, 0.1) is 5.92 Å². The highest BCUT2D eigenvalue weighted by atomic mass is 16.6. The fourth-order valence-corrected chi connectivity index (χ4v) is 6.16. The minimum absolute atomic E-state index is 0.0799. The second-order valence-electron chi connectivity index (χ2n) is 11.4. The first-order chi connectivity index (χ1) is 19.3. The molecule has 4 aliphatic rings. The number of hydrogen-bond acceptors (Lipinski definition) is 7. The van der Waals surface area contributed by atoms with Gasteiger partial charge in [0.1, 0.15) is 17.7 Å². The molecule has 5 rings (SSSR count). The molecule has 10 heteroatoms. The van der Waals surface area contributed by atoms with Crippen molar-refractivity contribution in [2.45, 2.75) is 88.6 Å². The zero-order chi connectivity index (χ0) is 28.3. The Morgan fingerprint density at radius 2 is 1.95 bits per heavy atom. The van der Waals surface area contributed by atoms with Gasteiger partial charge in [0, 0.05) is 25.4 Å². The molecule has 1 aliphatic carbocycles. The van der Waals surface area contributed by atoms with Crippen LogP contribution in [0.4, 0.5) is 4.79 Å². The highest BCUT2D eigenvalue weighted by Crippen LogP contribution is 2.46. The molecule has 0 bridgehead atoms. The van der Waals surface area contributed by atoms with Crippen molar-refractivity contribution in [1.82, 2.24) is 15.1 Å². The number of amides is 3. The highest BCUT2D eigenvalue weighted by molar-refractivity contribution is 5.96. The molecule has 216 valence electrons.